The van der Waals surface area contributed by atoms with Crippen LogP contribution in [0, 0.1) is 0 Å². The number of carbonyl (C=O) groups excluding carboxylic acids is 2. The number of hydrogen-bond acceptors (Lipinski definition) is 8. The molecule has 5 N–H and O–H groups in total. The molecule has 42 heavy (non-hydrogen) atoms. The van der Waals surface area contributed by atoms with Gasteiger partial charge in [-0.25, -0.2) is 10.3 Å². The summed E-state index contributed by atoms with van der Waals surface area (Å²) in [5.41, 5.74) is 5.24. The number of thioether (sulfide) groups is 1. The predicted molar refractivity (Wildman–Crippen MR) is 155 cm³/mol. The number of carbonyl (C=O) groups is 3. The summed E-state index contributed by atoms with van der Waals surface area (Å²) in [6.45, 7) is 0.271. The van der Waals surface area contributed by atoms with E-state index >= 15 is 0 Å². The van der Waals surface area contributed by atoms with E-state index in [1.54, 1.807) is 23.7 Å². The van der Waals surface area contributed by atoms with Crippen molar-refractivity contribution >= 4 is 29.5 Å². The van der Waals surface area contributed by atoms with Crippen molar-refractivity contribution in [2.75, 3.05) is 5.75 Å². The molecule has 11 heteroatoms. The van der Waals surface area contributed by atoms with E-state index < -0.39 is 18.2 Å². The monoisotopic (exact) mass is 594 g/mol. The Morgan fingerprint density at radius 1 is 0.857 bits per heavy atom. The molecule has 0 aromatic heterocycles. The Bertz CT molecular complexity index is 1350. The number of carboxylic acid groups (broad SMARTS) is 1. The number of aliphatic hydroxyl groups is 1. The predicted octanol–water partition coefficient (Wildman–Crippen LogP) is 4.51. The molecule has 1 aliphatic heterocycles. The molecule has 1 aliphatic rings. The number of rotatable bonds is 13. The SMILES string of the molecule is O=C(CCCC(=O)NCc1ccc([C@H]2O[C@@H](CSc3ccccc3C(=O)O)C[C@@H](c3ccc(CO)cc3)O2)cc1)NO. The molecule has 1 heterocycles. The van der Waals surface area contributed by atoms with Crippen LogP contribution in [0.25, 0.3) is 0 Å². The molecule has 4 rings (SSSR count). The van der Waals surface area contributed by atoms with Crippen molar-refractivity contribution in [3.8, 4) is 0 Å². The smallest absolute Gasteiger partial charge is 0.336 e. The van der Waals surface area contributed by atoms with Crippen LogP contribution < -0.4 is 10.8 Å². The van der Waals surface area contributed by atoms with Crippen molar-refractivity contribution in [2.45, 2.75) is 62.2 Å². The van der Waals surface area contributed by atoms with Crippen molar-refractivity contribution in [1.82, 2.24) is 10.8 Å². The van der Waals surface area contributed by atoms with Gasteiger partial charge in [-0.15, -0.1) is 11.8 Å². The van der Waals surface area contributed by atoms with E-state index in [9.17, 15) is 24.6 Å². The van der Waals surface area contributed by atoms with Crippen LogP contribution in [0.2, 0.25) is 0 Å². The second kappa shape index (κ2) is 15.5. The van der Waals surface area contributed by atoms with E-state index in [-0.39, 0.29) is 43.1 Å². The maximum Gasteiger partial charge on any atom is 0.336 e. The number of ether oxygens (including phenoxy) is 2. The quantitative estimate of drug-likeness (QED) is 0.109. The molecule has 1 saturated heterocycles. The van der Waals surface area contributed by atoms with Crippen molar-refractivity contribution < 1.29 is 39.3 Å². The summed E-state index contributed by atoms with van der Waals surface area (Å²) in [7, 11) is 0. The van der Waals surface area contributed by atoms with Crippen LogP contribution in [0.4, 0.5) is 0 Å². The first-order valence-corrected chi connectivity index (χ1v) is 14.6. The third kappa shape index (κ3) is 8.88. The van der Waals surface area contributed by atoms with Gasteiger partial charge in [0.2, 0.25) is 11.8 Å². The highest BCUT2D eigenvalue weighted by Crippen LogP contribution is 2.39. The second-order valence-electron chi connectivity index (χ2n) is 9.87. The normalized spacial score (nSPS) is 18.3. The molecule has 0 bridgehead atoms. The zero-order valence-electron chi connectivity index (χ0n) is 22.9. The van der Waals surface area contributed by atoms with Gasteiger partial charge < -0.3 is 25.0 Å². The molecule has 0 unspecified atom stereocenters. The zero-order chi connectivity index (χ0) is 29.9. The first-order chi connectivity index (χ1) is 20.4. The van der Waals surface area contributed by atoms with Crippen LogP contribution in [0.1, 0.15) is 70.7 Å². The number of hydroxylamine groups is 1. The summed E-state index contributed by atoms with van der Waals surface area (Å²) >= 11 is 1.43. The van der Waals surface area contributed by atoms with Gasteiger partial charge in [-0.3, -0.25) is 14.8 Å². The minimum absolute atomic E-state index is 0.0482. The number of aromatic carboxylic acids is 1. The number of aliphatic hydroxyl groups excluding tert-OH is 1. The molecule has 222 valence electrons. The van der Waals surface area contributed by atoms with E-state index in [4.69, 9.17) is 14.7 Å². The summed E-state index contributed by atoms with van der Waals surface area (Å²) in [5.74, 6) is -1.17. The zero-order valence-corrected chi connectivity index (χ0v) is 23.7. The fourth-order valence-corrected chi connectivity index (χ4v) is 5.59. The molecule has 2 amide bonds. The third-order valence-electron chi connectivity index (χ3n) is 6.83. The van der Waals surface area contributed by atoms with Gasteiger partial charge in [0.25, 0.3) is 0 Å². The van der Waals surface area contributed by atoms with E-state index in [1.807, 2.05) is 54.6 Å². The number of amides is 2. The Morgan fingerprint density at radius 3 is 2.21 bits per heavy atom. The van der Waals surface area contributed by atoms with Crippen molar-refractivity contribution in [3.05, 3.63) is 101 Å². The minimum atomic E-state index is -0.976. The molecule has 3 atom stereocenters. The van der Waals surface area contributed by atoms with E-state index in [2.05, 4.69) is 5.32 Å². The van der Waals surface area contributed by atoms with Crippen molar-refractivity contribution in [2.24, 2.45) is 0 Å². The number of carboxylic acids is 1. The Morgan fingerprint density at radius 2 is 1.52 bits per heavy atom. The van der Waals surface area contributed by atoms with Gasteiger partial charge in [0.1, 0.15) is 0 Å². The van der Waals surface area contributed by atoms with Crippen LogP contribution in [0.3, 0.4) is 0 Å². The number of hydrogen-bond donors (Lipinski definition) is 5. The average Bonchev–Trinajstić information content (AvgIpc) is 3.03. The highest BCUT2D eigenvalue weighted by Gasteiger charge is 2.32. The third-order valence-corrected chi connectivity index (χ3v) is 8.04. The van der Waals surface area contributed by atoms with Gasteiger partial charge in [0.05, 0.1) is 24.4 Å². The Balaban J connectivity index is 1.42. The summed E-state index contributed by atoms with van der Waals surface area (Å²) in [4.78, 5) is 35.5. The van der Waals surface area contributed by atoms with Gasteiger partial charge >= 0.3 is 5.97 Å². The largest absolute Gasteiger partial charge is 0.478 e. The molecule has 3 aromatic rings. The van der Waals surface area contributed by atoms with Gasteiger partial charge in [0, 0.05) is 42.0 Å². The van der Waals surface area contributed by atoms with Gasteiger partial charge in [-0.2, -0.15) is 0 Å². The number of nitrogens with one attached hydrogen (secondary N) is 2. The molecule has 1 fully saturated rings. The maximum absolute atomic E-state index is 12.1. The molecule has 10 nitrogen and oxygen atoms in total. The molecular formula is C31H34N2O8S. The van der Waals surface area contributed by atoms with Gasteiger partial charge in [-0.1, -0.05) is 60.7 Å². The lowest BCUT2D eigenvalue weighted by Gasteiger charge is -2.36. The van der Waals surface area contributed by atoms with Gasteiger partial charge in [-0.05, 0) is 35.2 Å². The van der Waals surface area contributed by atoms with E-state index in [0.29, 0.717) is 30.0 Å². The Hall–Kier alpha value is -3.74. The minimum Gasteiger partial charge on any atom is -0.478 e. The molecule has 0 aliphatic carbocycles. The van der Waals surface area contributed by atoms with Crippen LogP contribution in [-0.4, -0.2) is 45.1 Å². The summed E-state index contributed by atoms with van der Waals surface area (Å²) < 4.78 is 12.7. The fourth-order valence-electron chi connectivity index (χ4n) is 4.52. The van der Waals surface area contributed by atoms with Crippen LogP contribution in [-0.2, 0) is 32.2 Å². The molecular weight excluding hydrogens is 560 g/mol. The lowest BCUT2D eigenvalue weighted by Crippen LogP contribution is -2.31. The lowest BCUT2D eigenvalue weighted by molar-refractivity contribution is -0.245. The maximum atomic E-state index is 12.1. The molecule has 3 aromatic carbocycles. The number of benzene rings is 3. The topological polar surface area (TPSA) is 154 Å². The highest BCUT2D eigenvalue weighted by atomic mass is 32.2. The van der Waals surface area contributed by atoms with Crippen molar-refractivity contribution in [3.63, 3.8) is 0 Å². The molecule has 0 saturated carbocycles. The Kier molecular flexibility index (Phi) is 11.5. The van der Waals surface area contributed by atoms with Gasteiger partial charge in [0.15, 0.2) is 6.29 Å². The lowest BCUT2D eigenvalue weighted by atomic mass is 10.0. The van der Waals surface area contributed by atoms with Crippen LogP contribution >= 0.6 is 11.8 Å². The molecule has 0 radical (unpaired) electrons. The Labute approximate surface area is 248 Å². The summed E-state index contributed by atoms with van der Waals surface area (Å²) in [5, 5.41) is 30.3. The fraction of sp³-hybridized carbons (Fsp3) is 0.323. The average molecular weight is 595 g/mol. The van der Waals surface area contributed by atoms with E-state index in [0.717, 1.165) is 22.3 Å². The first kappa shape index (κ1) is 31.2. The highest BCUT2D eigenvalue weighted by molar-refractivity contribution is 7.99. The summed E-state index contributed by atoms with van der Waals surface area (Å²) in [6, 6.07) is 22.0. The van der Waals surface area contributed by atoms with Crippen LogP contribution in [0.5, 0.6) is 0 Å². The molecule has 0 spiro atoms. The first-order valence-electron chi connectivity index (χ1n) is 13.6. The second-order valence-corrected chi connectivity index (χ2v) is 10.9. The van der Waals surface area contributed by atoms with E-state index in [1.165, 1.54) is 11.8 Å². The van der Waals surface area contributed by atoms with Crippen molar-refractivity contribution in [1.29, 1.82) is 0 Å². The van der Waals surface area contributed by atoms with Crippen LogP contribution in [0.15, 0.2) is 77.7 Å². The standard InChI is InChI=1S/C31H34N2O8S/c34-18-21-10-12-22(13-11-21)26-16-24(19-42-27-5-2-1-4-25(27)30(37)38)40-31(41-26)23-14-8-20(9-15-23)17-32-28(35)6-3-7-29(36)33-39/h1-2,4-5,8-15,24,26,31,34,39H,3,6-7,16-19H2,(H,32,35)(H,33,36)(H,37,38)/t24-,26+,31+/m1/s1. The summed E-state index contributed by atoms with van der Waals surface area (Å²) in [6.07, 6.45) is -0.0265.